The molecule has 3 N–H and O–H groups in total. The predicted molar refractivity (Wildman–Crippen MR) is 36.9 cm³/mol. The molecule has 0 aromatic rings. The molecule has 0 spiro atoms. The van der Waals surface area contributed by atoms with Crippen molar-refractivity contribution in [2.75, 3.05) is 13.1 Å². The lowest BCUT2D eigenvalue weighted by Crippen LogP contribution is -2.29. The number of hydrogen-bond acceptors (Lipinski definition) is 2. The maximum Gasteiger partial charge on any atom is 0.216 e. The van der Waals surface area contributed by atoms with Crippen molar-refractivity contribution in [1.82, 2.24) is 5.32 Å². The van der Waals surface area contributed by atoms with Crippen LogP contribution in [0, 0.1) is 5.92 Å². The second kappa shape index (κ2) is 4.32. The second-order valence-electron chi connectivity index (χ2n) is 2.28. The highest BCUT2D eigenvalue weighted by molar-refractivity contribution is 5.72. The van der Waals surface area contributed by atoms with E-state index in [1.807, 2.05) is 6.92 Å². The maximum atomic E-state index is 10.3. The molecule has 0 bridgehead atoms. The van der Waals surface area contributed by atoms with E-state index in [0.717, 1.165) is 0 Å². The average molecular weight is 130 g/mol. The summed E-state index contributed by atoms with van der Waals surface area (Å²) >= 11 is 0. The molecule has 54 valence electrons. The number of rotatable bonds is 3. The minimum atomic E-state index is 0.00954. The van der Waals surface area contributed by atoms with Crippen molar-refractivity contribution < 1.29 is 4.79 Å². The van der Waals surface area contributed by atoms with Gasteiger partial charge in [-0.2, -0.15) is 0 Å². The van der Waals surface area contributed by atoms with Gasteiger partial charge in [0, 0.05) is 13.5 Å². The standard InChI is InChI=1S/C6H14N2O/c1-5(3-7)4-8-6(2)9/h5H,3-4,7H2,1-2H3,(H,8,9)/t5-/m1/s1. The molecule has 0 heterocycles. The fraction of sp³-hybridized carbons (Fsp3) is 0.833. The van der Waals surface area contributed by atoms with E-state index in [4.69, 9.17) is 5.73 Å². The smallest absolute Gasteiger partial charge is 0.216 e. The highest BCUT2D eigenvalue weighted by Gasteiger charge is 1.97. The Bertz CT molecular complexity index is 93.1. The molecule has 1 atom stereocenters. The van der Waals surface area contributed by atoms with E-state index in [9.17, 15) is 4.79 Å². The van der Waals surface area contributed by atoms with Crippen LogP contribution in [-0.2, 0) is 4.79 Å². The van der Waals surface area contributed by atoms with Gasteiger partial charge in [-0.15, -0.1) is 0 Å². The molecule has 9 heavy (non-hydrogen) atoms. The van der Waals surface area contributed by atoms with E-state index in [0.29, 0.717) is 19.0 Å². The lowest BCUT2D eigenvalue weighted by molar-refractivity contribution is -0.119. The molecule has 3 heteroatoms. The van der Waals surface area contributed by atoms with Gasteiger partial charge < -0.3 is 11.1 Å². The summed E-state index contributed by atoms with van der Waals surface area (Å²) in [6.07, 6.45) is 0. The molecule has 0 aliphatic carbocycles. The Balaban J connectivity index is 3.16. The number of carbonyl (C=O) groups excluding carboxylic acids is 1. The first-order valence-electron chi connectivity index (χ1n) is 3.11. The normalized spacial score (nSPS) is 12.8. The quantitative estimate of drug-likeness (QED) is 0.552. The molecule has 0 rings (SSSR count). The van der Waals surface area contributed by atoms with Crippen molar-refractivity contribution in [3.05, 3.63) is 0 Å². The molecule has 0 aliphatic heterocycles. The maximum absolute atomic E-state index is 10.3. The Labute approximate surface area is 55.6 Å². The van der Waals surface area contributed by atoms with E-state index in [1.165, 1.54) is 6.92 Å². The molecule has 0 saturated heterocycles. The van der Waals surface area contributed by atoms with Crippen LogP contribution in [0.15, 0.2) is 0 Å². The molecule has 0 saturated carbocycles. The van der Waals surface area contributed by atoms with Crippen molar-refractivity contribution in [2.45, 2.75) is 13.8 Å². The van der Waals surface area contributed by atoms with Crippen LogP contribution in [0.2, 0.25) is 0 Å². The molecule has 0 aliphatic rings. The first-order chi connectivity index (χ1) is 4.16. The summed E-state index contributed by atoms with van der Waals surface area (Å²) < 4.78 is 0. The van der Waals surface area contributed by atoms with E-state index >= 15 is 0 Å². The van der Waals surface area contributed by atoms with E-state index < -0.39 is 0 Å². The van der Waals surface area contributed by atoms with Crippen LogP contribution in [0.25, 0.3) is 0 Å². The van der Waals surface area contributed by atoms with Crippen molar-refractivity contribution >= 4 is 5.91 Å². The fourth-order valence-electron chi connectivity index (χ4n) is 0.401. The van der Waals surface area contributed by atoms with Crippen molar-refractivity contribution in [2.24, 2.45) is 11.7 Å². The Hall–Kier alpha value is -0.570. The highest BCUT2D eigenvalue weighted by Crippen LogP contribution is 1.85. The van der Waals surface area contributed by atoms with E-state index in [2.05, 4.69) is 5.32 Å². The Morgan fingerprint density at radius 3 is 2.67 bits per heavy atom. The Morgan fingerprint density at radius 2 is 2.33 bits per heavy atom. The largest absolute Gasteiger partial charge is 0.356 e. The SMILES string of the molecule is CC(=O)NC[C@H](C)CN. The third-order valence-corrected chi connectivity index (χ3v) is 1.10. The molecule has 3 nitrogen and oxygen atoms in total. The van der Waals surface area contributed by atoms with Gasteiger partial charge in [0.15, 0.2) is 0 Å². The van der Waals surface area contributed by atoms with Crippen LogP contribution in [0.1, 0.15) is 13.8 Å². The van der Waals surface area contributed by atoms with Crippen LogP contribution in [0.3, 0.4) is 0 Å². The zero-order valence-electron chi connectivity index (χ0n) is 5.98. The molecular formula is C6H14N2O. The third kappa shape index (κ3) is 5.30. The number of carbonyl (C=O) groups is 1. The highest BCUT2D eigenvalue weighted by atomic mass is 16.1. The summed E-state index contributed by atoms with van der Waals surface area (Å²) in [5.41, 5.74) is 5.31. The lowest BCUT2D eigenvalue weighted by Gasteiger charge is -2.06. The Kier molecular flexibility index (Phi) is 4.05. The molecule has 0 unspecified atom stereocenters. The third-order valence-electron chi connectivity index (χ3n) is 1.10. The van der Waals surface area contributed by atoms with Gasteiger partial charge in [-0.1, -0.05) is 6.92 Å². The van der Waals surface area contributed by atoms with Gasteiger partial charge in [0.1, 0.15) is 0 Å². The van der Waals surface area contributed by atoms with Gasteiger partial charge in [0.2, 0.25) is 5.91 Å². The summed E-state index contributed by atoms with van der Waals surface area (Å²) in [7, 11) is 0. The minimum Gasteiger partial charge on any atom is -0.356 e. The number of nitrogens with two attached hydrogens (primary N) is 1. The van der Waals surface area contributed by atoms with Crippen molar-refractivity contribution in [3.8, 4) is 0 Å². The van der Waals surface area contributed by atoms with Gasteiger partial charge in [0.25, 0.3) is 0 Å². The molecule has 1 amide bonds. The summed E-state index contributed by atoms with van der Waals surface area (Å²) in [6, 6.07) is 0. The van der Waals surface area contributed by atoms with Gasteiger partial charge >= 0.3 is 0 Å². The Morgan fingerprint density at radius 1 is 1.78 bits per heavy atom. The summed E-state index contributed by atoms with van der Waals surface area (Å²) in [5, 5.41) is 2.68. The zero-order chi connectivity index (χ0) is 7.28. The average Bonchev–Trinajstić information content (AvgIpc) is 1.83. The number of nitrogens with one attached hydrogen (secondary N) is 1. The fourth-order valence-corrected chi connectivity index (χ4v) is 0.401. The van der Waals surface area contributed by atoms with Gasteiger partial charge in [-0.25, -0.2) is 0 Å². The predicted octanol–water partition coefficient (Wildman–Crippen LogP) is -0.283. The van der Waals surface area contributed by atoms with Gasteiger partial charge in [-0.05, 0) is 12.5 Å². The monoisotopic (exact) mass is 130 g/mol. The van der Waals surface area contributed by atoms with Crippen LogP contribution in [-0.4, -0.2) is 19.0 Å². The molecule has 0 fully saturated rings. The first-order valence-corrected chi connectivity index (χ1v) is 3.11. The topological polar surface area (TPSA) is 55.1 Å². The van der Waals surface area contributed by atoms with Gasteiger partial charge in [-0.3, -0.25) is 4.79 Å². The van der Waals surface area contributed by atoms with Crippen LogP contribution in [0.4, 0.5) is 0 Å². The summed E-state index contributed by atoms with van der Waals surface area (Å²) in [4.78, 5) is 10.3. The number of hydrogen-bond donors (Lipinski definition) is 2. The van der Waals surface area contributed by atoms with Crippen LogP contribution >= 0.6 is 0 Å². The molecule has 0 aromatic carbocycles. The van der Waals surface area contributed by atoms with Crippen molar-refractivity contribution in [1.29, 1.82) is 0 Å². The minimum absolute atomic E-state index is 0.00954. The van der Waals surface area contributed by atoms with Crippen LogP contribution < -0.4 is 11.1 Å². The van der Waals surface area contributed by atoms with Crippen LogP contribution in [0.5, 0.6) is 0 Å². The van der Waals surface area contributed by atoms with Gasteiger partial charge in [0.05, 0.1) is 0 Å². The molecule has 0 aromatic heterocycles. The lowest BCUT2D eigenvalue weighted by atomic mass is 10.2. The van der Waals surface area contributed by atoms with E-state index in [-0.39, 0.29) is 5.91 Å². The molecule has 0 radical (unpaired) electrons. The van der Waals surface area contributed by atoms with Crippen molar-refractivity contribution in [3.63, 3.8) is 0 Å². The molecular weight excluding hydrogens is 116 g/mol. The first kappa shape index (κ1) is 8.43. The summed E-state index contributed by atoms with van der Waals surface area (Å²) in [5.74, 6) is 0.393. The number of amides is 1. The van der Waals surface area contributed by atoms with E-state index in [1.54, 1.807) is 0 Å². The zero-order valence-corrected chi connectivity index (χ0v) is 5.98. The second-order valence-corrected chi connectivity index (χ2v) is 2.28. The summed E-state index contributed by atoms with van der Waals surface area (Å²) in [6.45, 7) is 4.81.